The van der Waals surface area contributed by atoms with Crippen LogP contribution in [0.15, 0.2) is 77.7 Å². The summed E-state index contributed by atoms with van der Waals surface area (Å²) in [5.41, 5.74) is 1.91. The summed E-state index contributed by atoms with van der Waals surface area (Å²) < 4.78 is 28.9. The number of halogens is 2. The molecule has 1 N–H and O–H groups in total. The fourth-order valence-corrected chi connectivity index (χ4v) is 7.07. The number of carbonyl (C=O) groups excluding carboxylic acids is 2. The van der Waals surface area contributed by atoms with Crippen LogP contribution in [0.1, 0.15) is 50.2 Å². The lowest BCUT2D eigenvalue weighted by Crippen LogP contribution is -2.53. The van der Waals surface area contributed by atoms with Crippen molar-refractivity contribution >= 4 is 50.7 Å². The maximum absolute atomic E-state index is 14.2. The number of amides is 2. The highest BCUT2D eigenvalue weighted by molar-refractivity contribution is 7.92. The van der Waals surface area contributed by atoms with Gasteiger partial charge in [0.15, 0.2) is 0 Å². The second-order valence-electron chi connectivity index (χ2n) is 10.3. The molecule has 0 aromatic heterocycles. The van der Waals surface area contributed by atoms with Crippen molar-refractivity contribution in [3.63, 3.8) is 0 Å². The Hall–Kier alpha value is -3.07. The predicted octanol–water partition coefficient (Wildman–Crippen LogP) is 6.36. The molecule has 10 heteroatoms. The van der Waals surface area contributed by atoms with E-state index in [-0.39, 0.29) is 39.1 Å². The van der Waals surface area contributed by atoms with E-state index in [0.29, 0.717) is 6.42 Å². The molecule has 2 amide bonds. The van der Waals surface area contributed by atoms with E-state index in [1.807, 2.05) is 38.1 Å². The van der Waals surface area contributed by atoms with Crippen LogP contribution in [0.3, 0.4) is 0 Å². The first-order valence-corrected chi connectivity index (χ1v) is 16.0. The first-order chi connectivity index (χ1) is 19.6. The lowest BCUT2D eigenvalue weighted by atomic mass is 10.1. The Labute approximate surface area is 252 Å². The predicted molar refractivity (Wildman–Crippen MR) is 164 cm³/mol. The van der Waals surface area contributed by atoms with Gasteiger partial charge in [-0.05, 0) is 61.6 Å². The minimum Gasteiger partial charge on any atom is -0.352 e. The van der Waals surface area contributed by atoms with Gasteiger partial charge in [0.25, 0.3) is 10.0 Å². The number of hydrogen-bond acceptors (Lipinski definition) is 4. The van der Waals surface area contributed by atoms with Gasteiger partial charge < -0.3 is 10.2 Å². The average Bonchev–Trinajstić information content (AvgIpc) is 3.47. The standard InChI is InChI=1S/C31H35Cl2N3O4S/c1-3-27(31(38)34-24-14-9-10-15-24)35(20-23-13-8-7-12-22(23)2)29(37)21-36(28-19-11-18-26(32)30(28)33)41(39,40)25-16-5-4-6-17-25/h4-8,11-13,16-19,24,27H,3,9-10,14-15,20-21H2,1-2H3,(H,34,38)/t27-/m1/s1. The third kappa shape index (κ3) is 7.23. The maximum Gasteiger partial charge on any atom is 0.264 e. The van der Waals surface area contributed by atoms with E-state index < -0.39 is 28.5 Å². The quantitative estimate of drug-likeness (QED) is 0.272. The average molecular weight is 617 g/mol. The van der Waals surface area contributed by atoms with Gasteiger partial charge in [-0.2, -0.15) is 0 Å². The Balaban J connectivity index is 1.75. The van der Waals surface area contributed by atoms with E-state index in [1.165, 1.54) is 23.1 Å². The van der Waals surface area contributed by atoms with Gasteiger partial charge in [0.1, 0.15) is 12.6 Å². The number of aryl methyl sites for hydroxylation is 1. The molecule has 1 fully saturated rings. The van der Waals surface area contributed by atoms with Crippen molar-refractivity contribution in [1.29, 1.82) is 0 Å². The second kappa shape index (κ2) is 13.7. The number of hydrogen-bond donors (Lipinski definition) is 1. The van der Waals surface area contributed by atoms with Crippen LogP contribution in [0.5, 0.6) is 0 Å². The van der Waals surface area contributed by atoms with Crippen LogP contribution in [-0.2, 0) is 26.2 Å². The number of rotatable bonds is 11. The van der Waals surface area contributed by atoms with Gasteiger partial charge in [0.2, 0.25) is 11.8 Å². The summed E-state index contributed by atoms with van der Waals surface area (Å²) in [5, 5.41) is 3.29. The summed E-state index contributed by atoms with van der Waals surface area (Å²) in [5.74, 6) is -0.767. The van der Waals surface area contributed by atoms with Gasteiger partial charge in [-0.3, -0.25) is 13.9 Å². The van der Waals surface area contributed by atoms with E-state index >= 15 is 0 Å². The van der Waals surface area contributed by atoms with E-state index in [0.717, 1.165) is 41.1 Å². The van der Waals surface area contributed by atoms with Crippen molar-refractivity contribution in [3.05, 3.63) is 94.0 Å². The molecule has 0 saturated heterocycles. The first-order valence-electron chi connectivity index (χ1n) is 13.8. The summed E-state index contributed by atoms with van der Waals surface area (Å²) in [6.07, 6.45) is 4.29. The van der Waals surface area contributed by atoms with Crippen molar-refractivity contribution in [2.24, 2.45) is 0 Å². The molecule has 4 rings (SSSR count). The third-order valence-electron chi connectivity index (χ3n) is 7.50. The zero-order valence-corrected chi connectivity index (χ0v) is 25.6. The Morgan fingerprint density at radius 2 is 1.61 bits per heavy atom. The molecular formula is C31H35Cl2N3O4S. The molecule has 7 nitrogen and oxygen atoms in total. The monoisotopic (exact) mass is 615 g/mol. The van der Waals surface area contributed by atoms with Crippen molar-refractivity contribution in [2.45, 2.75) is 69.5 Å². The smallest absolute Gasteiger partial charge is 0.264 e. The lowest BCUT2D eigenvalue weighted by Gasteiger charge is -2.34. The number of nitrogens with zero attached hydrogens (tertiary/aromatic N) is 2. The zero-order valence-electron chi connectivity index (χ0n) is 23.2. The molecule has 1 aliphatic carbocycles. The Morgan fingerprint density at radius 3 is 2.27 bits per heavy atom. The van der Waals surface area contributed by atoms with Gasteiger partial charge in [0, 0.05) is 12.6 Å². The van der Waals surface area contributed by atoms with E-state index in [1.54, 1.807) is 30.3 Å². The largest absolute Gasteiger partial charge is 0.352 e. The molecule has 0 spiro atoms. The number of sulfonamides is 1. The number of carbonyl (C=O) groups is 2. The van der Waals surface area contributed by atoms with Crippen LogP contribution in [0.2, 0.25) is 10.0 Å². The van der Waals surface area contributed by atoms with E-state index in [4.69, 9.17) is 23.2 Å². The number of nitrogens with one attached hydrogen (secondary N) is 1. The lowest BCUT2D eigenvalue weighted by molar-refractivity contribution is -0.140. The Morgan fingerprint density at radius 1 is 0.951 bits per heavy atom. The SMILES string of the molecule is CC[C@H](C(=O)NC1CCCC1)N(Cc1ccccc1C)C(=O)CN(c1cccc(Cl)c1Cl)S(=O)(=O)c1ccccc1. The summed E-state index contributed by atoms with van der Waals surface area (Å²) in [7, 11) is -4.23. The molecule has 0 unspecified atom stereocenters. The Bertz CT molecular complexity index is 1480. The molecule has 1 atom stereocenters. The molecule has 0 heterocycles. The number of anilines is 1. The van der Waals surface area contributed by atoms with Crippen LogP contribution in [0.25, 0.3) is 0 Å². The van der Waals surface area contributed by atoms with Gasteiger partial charge in [-0.25, -0.2) is 8.42 Å². The van der Waals surface area contributed by atoms with Crippen molar-refractivity contribution in [1.82, 2.24) is 10.2 Å². The van der Waals surface area contributed by atoms with Crippen LogP contribution < -0.4 is 9.62 Å². The van der Waals surface area contributed by atoms with Crippen molar-refractivity contribution in [3.8, 4) is 0 Å². The molecule has 0 radical (unpaired) electrons. The van der Waals surface area contributed by atoms with Gasteiger partial charge in [-0.15, -0.1) is 0 Å². The first kappa shape index (κ1) is 30.9. The summed E-state index contributed by atoms with van der Waals surface area (Å²) >= 11 is 12.8. The minimum atomic E-state index is -4.23. The minimum absolute atomic E-state index is 0.000291. The normalized spacial score (nSPS) is 14.4. The van der Waals surface area contributed by atoms with Crippen LogP contribution in [-0.4, -0.2) is 43.8 Å². The van der Waals surface area contributed by atoms with Crippen molar-refractivity contribution in [2.75, 3.05) is 10.8 Å². The van der Waals surface area contributed by atoms with Gasteiger partial charge in [0.05, 0.1) is 20.6 Å². The molecule has 41 heavy (non-hydrogen) atoms. The van der Waals surface area contributed by atoms with Crippen LogP contribution in [0.4, 0.5) is 5.69 Å². The van der Waals surface area contributed by atoms with Gasteiger partial charge in [-0.1, -0.05) is 91.5 Å². The fourth-order valence-electron chi connectivity index (χ4n) is 5.18. The molecule has 0 bridgehead atoms. The Kier molecular flexibility index (Phi) is 10.3. The molecule has 3 aromatic carbocycles. The summed E-state index contributed by atoms with van der Waals surface area (Å²) in [4.78, 5) is 29.3. The highest BCUT2D eigenvalue weighted by Gasteiger charge is 2.35. The molecule has 1 saturated carbocycles. The number of benzene rings is 3. The molecule has 3 aromatic rings. The topological polar surface area (TPSA) is 86.8 Å². The van der Waals surface area contributed by atoms with Crippen LogP contribution >= 0.6 is 23.2 Å². The van der Waals surface area contributed by atoms with Crippen LogP contribution in [0, 0.1) is 6.92 Å². The summed E-state index contributed by atoms with van der Waals surface area (Å²) in [6.45, 7) is 3.36. The highest BCUT2D eigenvalue weighted by Crippen LogP contribution is 2.35. The van der Waals surface area contributed by atoms with Crippen molar-refractivity contribution < 1.29 is 18.0 Å². The second-order valence-corrected chi connectivity index (χ2v) is 12.9. The third-order valence-corrected chi connectivity index (χ3v) is 10.1. The molecule has 1 aliphatic rings. The molecule has 218 valence electrons. The maximum atomic E-state index is 14.2. The van der Waals surface area contributed by atoms with Gasteiger partial charge >= 0.3 is 0 Å². The van der Waals surface area contributed by atoms with E-state index in [2.05, 4.69) is 5.32 Å². The summed E-state index contributed by atoms with van der Waals surface area (Å²) in [6, 6.07) is 19.4. The molecule has 0 aliphatic heterocycles. The van der Waals surface area contributed by atoms with E-state index in [9.17, 15) is 18.0 Å². The zero-order chi connectivity index (χ0) is 29.6. The molecular weight excluding hydrogens is 581 g/mol. The fraction of sp³-hybridized carbons (Fsp3) is 0.355. The highest BCUT2D eigenvalue weighted by atomic mass is 35.5.